The first-order chi connectivity index (χ1) is 20.4. The smallest absolute Gasteiger partial charge is 0.251 e. The van der Waals surface area contributed by atoms with Gasteiger partial charge in [-0.05, 0) is 89.0 Å². The number of hydrogen-bond donors (Lipinski definition) is 4. The number of phenols is 1. The van der Waals surface area contributed by atoms with E-state index in [9.17, 15) is 14.3 Å². The van der Waals surface area contributed by atoms with E-state index < -0.39 is 5.54 Å². The third-order valence-electron chi connectivity index (χ3n) is 7.34. The van der Waals surface area contributed by atoms with Crippen molar-refractivity contribution in [1.82, 2.24) is 10.2 Å². The summed E-state index contributed by atoms with van der Waals surface area (Å²) in [7, 11) is 7.38. The van der Waals surface area contributed by atoms with Gasteiger partial charge in [0.1, 0.15) is 35.2 Å². The predicted octanol–water partition coefficient (Wildman–Crippen LogP) is 5.72. The number of methoxy groups -OCH3 is 1. The Bertz CT molecular complexity index is 1390. The lowest BCUT2D eigenvalue weighted by Crippen LogP contribution is -2.52. The zero-order valence-electron chi connectivity index (χ0n) is 26.3. The summed E-state index contributed by atoms with van der Waals surface area (Å²) in [5.74, 6) is 1.50. The van der Waals surface area contributed by atoms with Crippen LogP contribution in [0, 0.1) is 12.7 Å². The number of aryl methyl sites for hydroxylation is 1. The van der Waals surface area contributed by atoms with E-state index in [1.54, 1.807) is 30.1 Å². The molecule has 0 saturated carbocycles. The number of aromatic hydroxyl groups is 1. The number of likely N-dealkylation sites (N-methyl/N-ethyl adjacent to an activating group) is 3. The van der Waals surface area contributed by atoms with Crippen molar-refractivity contribution in [1.29, 1.82) is 0 Å². The Morgan fingerprint density at radius 2 is 1.81 bits per heavy atom. The van der Waals surface area contributed by atoms with Crippen molar-refractivity contribution < 1.29 is 23.8 Å². The highest BCUT2D eigenvalue weighted by Gasteiger charge is 2.38. The highest BCUT2D eigenvalue weighted by Crippen LogP contribution is 2.45. The second-order valence-electron chi connectivity index (χ2n) is 11.2. The van der Waals surface area contributed by atoms with Crippen molar-refractivity contribution in [3.05, 3.63) is 65.5 Å². The zero-order chi connectivity index (χ0) is 31.7. The van der Waals surface area contributed by atoms with Gasteiger partial charge in [0, 0.05) is 43.4 Å². The van der Waals surface area contributed by atoms with Crippen molar-refractivity contribution >= 4 is 29.9 Å². The van der Waals surface area contributed by atoms with Gasteiger partial charge in [-0.3, -0.25) is 4.79 Å². The van der Waals surface area contributed by atoms with Gasteiger partial charge < -0.3 is 35.0 Å². The molecule has 0 bridgehead atoms. The maximum absolute atomic E-state index is 13.8. The number of thiol groups is 1. The van der Waals surface area contributed by atoms with Crippen molar-refractivity contribution in [3.8, 4) is 28.4 Å². The molecule has 0 radical (unpaired) electrons. The number of carbonyl (C=O) groups is 1. The van der Waals surface area contributed by atoms with Crippen LogP contribution in [0.4, 0.5) is 15.8 Å². The molecule has 0 spiro atoms. The summed E-state index contributed by atoms with van der Waals surface area (Å²) in [4.78, 5) is 17.0. The molecule has 1 aliphatic heterocycles. The standard InChI is InChI=1S/C26H27FN2O4.C7H18N2S/c1-15-6-7-16(27)12-22(15)33-14-20-18(19-9-8-17(30)13-23(19)32-5)10-11-21-24(20)29(4)25(31)26(2,3)28-21;1-8-4-6-9(2)5-3-7-10/h6-13,28,30H,14H2,1-5H3;8,10H,3-7H2,1-2H3. The molecule has 0 aromatic heterocycles. The molecule has 10 heteroatoms. The number of rotatable bonds is 11. The van der Waals surface area contributed by atoms with E-state index >= 15 is 0 Å². The fraction of sp³-hybridized carbons (Fsp3) is 0.424. The summed E-state index contributed by atoms with van der Waals surface area (Å²) in [5.41, 5.74) is 3.75. The summed E-state index contributed by atoms with van der Waals surface area (Å²) < 4.78 is 25.4. The van der Waals surface area contributed by atoms with E-state index in [4.69, 9.17) is 9.47 Å². The Balaban J connectivity index is 0.000000436. The third-order valence-corrected chi connectivity index (χ3v) is 7.66. The summed E-state index contributed by atoms with van der Waals surface area (Å²) in [6.07, 6.45) is 1.18. The number of carbonyl (C=O) groups excluding carboxylic acids is 1. The molecule has 8 nitrogen and oxygen atoms in total. The highest BCUT2D eigenvalue weighted by molar-refractivity contribution is 7.80. The topological polar surface area (TPSA) is 86.3 Å². The number of benzene rings is 3. The molecule has 0 unspecified atom stereocenters. The molecule has 43 heavy (non-hydrogen) atoms. The number of halogens is 1. The number of hydrogen-bond acceptors (Lipinski definition) is 8. The van der Waals surface area contributed by atoms with Crippen molar-refractivity contribution in [2.24, 2.45) is 0 Å². The van der Waals surface area contributed by atoms with E-state index in [2.05, 4.69) is 35.2 Å². The van der Waals surface area contributed by atoms with Gasteiger partial charge in [0.25, 0.3) is 5.91 Å². The first-order valence-corrected chi connectivity index (χ1v) is 15.0. The Morgan fingerprint density at radius 3 is 2.49 bits per heavy atom. The van der Waals surface area contributed by atoms with E-state index in [-0.39, 0.29) is 24.1 Å². The van der Waals surface area contributed by atoms with Gasteiger partial charge in [-0.1, -0.05) is 12.1 Å². The molecule has 3 aromatic carbocycles. The van der Waals surface area contributed by atoms with Gasteiger partial charge in [-0.15, -0.1) is 0 Å². The molecule has 234 valence electrons. The first-order valence-electron chi connectivity index (χ1n) is 14.4. The average Bonchev–Trinajstić information content (AvgIpc) is 2.98. The van der Waals surface area contributed by atoms with Crippen LogP contribution in [0.1, 0.15) is 31.4 Å². The van der Waals surface area contributed by atoms with E-state index in [1.807, 2.05) is 40.0 Å². The van der Waals surface area contributed by atoms with Crippen LogP contribution in [-0.4, -0.2) is 75.1 Å². The first kappa shape index (κ1) is 34.0. The van der Waals surface area contributed by atoms with Crippen LogP contribution in [0.25, 0.3) is 11.1 Å². The number of amides is 1. The van der Waals surface area contributed by atoms with E-state index in [0.29, 0.717) is 17.2 Å². The number of fused-ring (bicyclic) bond motifs is 1. The molecule has 0 fully saturated rings. The van der Waals surface area contributed by atoms with Crippen molar-refractivity contribution in [2.75, 3.05) is 63.9 Å². The lowest BCUT2D eigenvalue weighted by atomic mass is 9.91. The monoisotopic (exact) mass is 612 g/mol. The number of nitrogens with zero attached hydrogens (tertiary/aromatic N) is 2. The van der Waals surface area contributed by atoms with Gasteiger partial charge in [-0.25, -0.2) is 4.39 Å². The lowest BCUT2D eigenvalue weighted by molar-refractivity contribution is -0.121. The Morgan fingerprint density at radius 1 is 1.09 bits per heavy atom. The summed E-state index contributed by atoms with van der Waals surface area (Å²) >= 11 is 4.14. The van der Waals surface area contributed by atoms with Gasteiger partial charge in [0.15, 0.2) is 0 Å². The average molecular weight is 613 g/mol. The van der Waals surface area contributed by atoms with Crippen LogP contribution < -0.4 is 25.0 Å². The van der Waals surface area contributed by atoms with Crippen LogP contribution in [0.5, 0.6) is 17.2 Å². The zero-order valence-corrected chi connectivity index (χ0v) is 27.1. The minimum absolute atomic E-state index is 0.0810. The van der Waals surface area contributed by atoms with Crippen molar-refractivity contribution in [2.45, 2.75) is 39.3 Å². The second kappa shape index (κ2) is 15.3. The summed E-state index contributed by atoms with van der Waals surface area (Å²) in [6.45, 7) is 8.96. The van der Waals surface area contributed by atoms with Gasteiger partial charge in [-0.2, -0.15) is 12.6 Å². The SMILES string of the molecule is CNCCN(C)CCCS.COc1cc(O)ccc1-c1ccc2c(c1COc1cc(F)ccc1C)N(C)C(=O)C(C)(C)N2. The van der Waals surface area contributed by atoms with Gasteiger partial charge in [0.05, 0.1) is 18.5 Å². The van der Waals surface area contributed by atoms with E-state index in [1.165, 1.54) is 31.7 Å². The van der Waals surface area contributed by atoms with Gasteiger partial charge in [0.2, 0.25) is 0 Å². The molecule has 0 saturated heterocycles. The lowest BCUT2D eigenvalue weighted by Gasteiger charge is -2.39. The minimum Gasteiger partial charge on any atom is -0.508 e. The van der Waals surface area contributed by atoms with Crippen LogP contribution in [0.15, 0.2) is 48.5 Å². The Hall–Kier alpha value is -3.47. The fourth-order valence-corrected chi connectivity index (χ4v) is 5.11. The molecule has 4 rings (SSSR count). The minimum atomic E-state index is -0.767. The molecular weight excluding hydrogens is 567 g/mol. The highest BCUT2D eigenvalue weighted by atomic mass is 32.1. The molecule has 0 atom stereocenters. The third kappa shape index (κ3) is 8.55. The summed E-state index contributed by atoms with van der Waals surface area (Å²) in [5, 5.41) is 16.3. The Kier molecular flexibility index (Phi) is 12.1. The maximum Gasteiger partial charge on any atom is 0.251 e. The normalized spacial score (nSPS) is 13.6. The quantitative estimate of drug-likeness (QED) is 0.206. The predicted molar refractivity (Wildman–Crippen MR) is 177 cm³/mol. The number of phenolic OH excluding ortho intramolecular Hbond substituents is 1. The van der Waals surface area contributed by atoms with Crippen LogP contribution >= 0.6 is 12.6 Å². The second-order valence-corrected chi connectivity index (χ2v) is 11.6. The number of ether oxygens (including phenoxy) is 2. The number of anilines is 2. The Labute approximate surface area is 260 Å². The van der Waals surface area contributed by atoms with Crippen LogP contribution in [0.2, 0.25) is 0 Å². The van der Waals surface area contributed by atoms with Crippen LogP contribution in [-0.2, 0) is 11.4 Å². The molecular formula is C33H45FN4O4S. The molecule has 3 N–H and O–H groups in total. The number of nitrogens with one attached hydrogen (secondary N) is 2. The molecule has 1 heterocycles. The molecule has 3 aromatic rings. The van der Waals surface area contributed by atoms with E-state index in [0.717, 1.165) is 53.3 Å². The van der Waals surface area contributed by atoms with Crippen molar-refractivity contribution in [3.63, 3.8) is 0 Å². The van der Waals surface area contributed by atoms with Crippen LogP contribution in [0.3, 0.4) is 0 Å². The fourth-order valence-electron chi connectivity index (χ4n) is 4.97. The summed E-state index contributed by atoms with van der Waals surface area (Å²) in [6, 6.07) is 13.1. The van der Waals surface area contributed by atoms with Gasteiger partial charge >= 0.3 is 0 Å². The maximum atomic E-state index is 13.8. The molecule has 1 aliphatic rings. The largest absolute Gasteiger partial charge is 0.508 e. The molecule has 1 amide bonds. The molecule has 0 aliphatic carbocycles.